The second kappa shape index (κ2) is 12.7. The molecule has 2 aliphatic heterocycles. The molecule has 4 aromatic rings. The van der Waals surface area contributed by atoms with Gasteiger partial charge in [0.15, 0.2) is 6.61 Å². The number of nitrogens with one attached hydrogen (secondary N) is 2. The lowest BCUT2D eigenvalue weighted by Crippen LogP contribution is -2.32. The van der Waals surface area contributed by atoms with Crippen LogP contribution in [0.1, 0.15) is 39.2 Å². The van der Waals surface area contributed by atoms with E-state index in [-0.39, 0.29) is 24.0 Å². The van der Waals surface area contributed by atoms with Crippen molar-refractivity contribution in [2.24, 2.45) is 5.92 Å². The molecule has 0 spiro atoms. The van der Waals surface area contributed by atoms with E-state index >= 15 is 0 Å². The van der Waals surface area contributed by atoms with E-state index < -0.39 is 34.9 Å². The van der Waals surface area contributed by atoms with Crippen LogP contribution in [0.25, 0.3) is 0 Å². The maximum absolute atomic E-state index is 14.2. The predicted molar refractivity (Wildman–Crippen MR) is 174 cm³/mol. The number of ether oxygens (including phenoxy) is 2. The Balaban J connectivity index is 1.33. The number of nitrogens with zero attached hydrogens (tertiary/aromatic N) is 1. The van der Waals surface area contributed by atoms with Crippen molar-refractivity contribution in [1.29, 1.82) is 0 Å². The van der Waals surface area contributed by atoms with Crippen LogP contribution in [-0.2, 0) is 19.1 Å². The fraction of sp³-hybridized carbons (Fsp3) is 0.219. The number of anilines is 2. The van der Waals surface area contributed by atoms with Gasteiger partial charge in [0.05, 0.1) is 28.8 Å². The Hall–Kier alpha value is -4.20. The third-order valence-electron chi connectivity index (χ3n) is 7.43. The van der Waals surface area contributed by atoms with Crippen LogP contribution in [0, 0.1) is 12.8 Å². The van der Waals surface area contributed by atoms with Gasteiger partial charge in [-0.05, 0) is 74.0 Å². The minimum absolute atomic E-state index is 0.219. The summed E-state index contributed by atoms with van der Waals surface area (Å²) in [4.78, 5) is 69.8. The highest BCUT2D eigenvalue weighted by molar-refractivity contribution is 9.10. The number of carbonyl (C=O) groups excluding carboxylic acids is 4. The van der Waals surface area contributed by atoms with Crippen LogP contribution < -0.4 is 19.8 Å². The van der Waals surface area contributed by atoms with Gasteiger partial charge in [0.2, 0.25) is 11.8 Å². The normalized spacial score (nSPS) is 18.7. The summed E-state index contributed by atoms with van der Waals surface area (Å²) in [6.07, 6.45) is 0. The predicted octanol–water partition coefficient (Wildman–Crippen LogP) is 5.50. The van der Waals surface area contributed by atoms with Crippen molar-refractivity contribution in [3.8, 4) is 5.75 Å². The maximum Gasteiger partial charge on any atom is 0.338 e. The summed E-state index contributed by atoms with van der Waals surface area (Å²) in [5, 5.41) is 2.50. The first-order valence-corrected chi connectivity index (χ1v) is 16.5. The Morgan fingerprint density at radius 1 is 1.02 bits per heavy atom. The largest absolute Gasteiger partial charge is 0.483 e. The zero-order valence-electron chi connectivity index (χ0n) is 24.0. The van der Waals surface area contributed by atoms with Crippen molar-refractivity contribution in [2.45, 2.75) is 30.0 Å². The summed E-state index contributed by atoms with van der Waals surface area (Å²) in [6, 6.07) is 18.7. The van der Waals surface area contributed by atoms with Crippen LogP contribution in [0.3, 0.4) is 0 Å². The molecule has 2 aliphatic rings. The van der Waals surface area contributed by atoms with Gasteiger partial charge in [-0.3, -0.25) is 19.2 Å². The minimum atomic E-state index is -0.871. The molecular formula is C32H26BrN3O7S2. The molecule has 13 heteroatoms. The number of amides is 3. The maximum atomic E-state index is 14.2. The van der Waals surface area contributed by atoms with E-state index in [0.717, 1.165) is 33.6 Å². The van der Waals surface area contributed by atoms with Crippen molar-refractivity contribution in [1.82, 2.24) is 4.98 Å². The first-order chi connectivity index (χ1) is 21.6. The van der Waals surface area contributed by atoms with Gasteiger partial charge in [0.1, 0.15) is 11.0 Å². The molecule has 2 N–H and O–H groups in total. The summed E-state index contributed by atoms with van der Waals surface area (Å²) in [6.45, 7) is 3.54. The molecule has 3 unspecified atom stereocenters. The molecular weight excluding hydrogens is 682 g/mol. The summed E-state index contributed by atoms with van der Waals surface area (Å²) in [7, 11) is 0. The molecule has 3 amide bonds. The molecule has 3 atom stereocenters. The van der Waals surface area contributed by atoms with E-state index in [9.17, 15) is 24.0 Å². The Kier molecular flexibility index (Phi) is 8.67. The number of thioether (sulfide) groups is 1. The summed E-state index contributed by atoms with van der Waals surface area (Å²) in [5.41, 5.74) is 2.81. The molecule has 6 rings (SSSR count). The summed E-state index contributed by atoms with van der Waals surface area (Å²) < 4.78 is 11.8. The molecule has 45 heavy (non-hydrogen) atoms. The van der Waals surface area contributed by atoms with Crippen molar-refractivity contribution >= 4 is 74.1 Å². The van der Waals surface area contributed by atoms with Gasteiger partial charge in [-0.15, -0.1) is 0 Å². The lowest BCUT2D eigenvalue weighted by atomic mass is 9.82. The number of aromatic amines is 1. The lowest BCUT2D eigenvalue weighted by molar-refractivity contribution is -0.122. The first-order valence-electron chi connectivity index (χ1n) is 14.0. The quantitative estimate of drug-likeness (QED) is 0.181. The number of esters is 1. The number of hydrogen-bond donors (Lipinski definition) is 2. The van der Waals surface area contributed by atoms with E-state index in [1.54, 1.807) is 31.2 Å². The van der Waals surface area contributed by atoms with Crippen LogP contribution in [0.5, 0.6) is 5.75 Å². The molecule has 0 aliphatic carbocycles. The van der Waals surface area contributed by atoms with Crippen molar-refractivity contribution in [3.63, 3.8) is 0 Å². The Labute approximate surface area is 274 Å². The van der Waals surface area contributed by atoms with Crippen molar-refractivity contribution < 1.29 is 28.7 Å². The number of benzene rings is 3. The summed E-state index contributed by atoms with van der Waals surface area (Å²) >= 11 is 5.64. The van der Waals surface area contributed by atoms with Crippen LogP contribution in [0.15, 0.2) is 81.0 Å². The number of aryl methyl sites for hydroxylation is 1. The molecule has 230 valence electrons. The number of H-pyrrole nitrogens is 1. The number of carbonyl (C=O) groups is 4. The number of halogens is 1. The Morgan fingerprint density at radius 3 is 2.53 bits per heavy atom. The van der Waals surface area contributed by atoms with Gasteiger partial charge in [0.25, 0.3) is 5.91 Å². The van der Waals surface area contributed by atoms with Gasteiger partial charge in [0, 0.05) is 26.5 Å². The highest BCUT2D eigenvalue weighted by atomic mass is 79.9. The highest BCUT2D eigenvalue weighted by Gasteiger charge is 2.56. The SMILES string of the molecule is CCOC(=O)c1ccc(N2C(=O)C3Sc4[nH]c(=O)sc4C(c4cc(Br)ccc4OCC(=O)Nc4cccc(C)c4)C3C2=O)cc1. The topological polar surface area (TPSA) is 135 Å². The number of aromatic nitrogens is 1. The van der Waals surface area contributed by atoms with Crippen molar-refractivity contribution in [3.05, 3.63) is 102 Å². The zero-order valence-corrected chi connectivity index (χ0v) is 27.2. The first kappa shape index (κ1) is 30.8. The van der Waals surface area contributed by atoms with E-state index in [0.29, 0.717) is 42.6 Å². The number of hydrogen-bond acceptors (Lipinski definition) is 9. The number of thiazole rings is 1. The average Bonchev–Trinajstić information content (AvgIpc) is 3.50. The second-order valence-electron chi connectivity index (χ2n) is 10.4. The van der Waals surface area contributed by atoms with E-state index in [1.165, 1.54) is 24.3 Å². The lowest BCUT2D eigenvalue weighted by Gasteiger charge is -2.31. The summed E-state index contributed by atoms with van der Waals surface area (Å²) in [5.74, 6) is -3.00. The van der Waals surface area contributed by atoms with Gasteiger partial charge in [-0.25, -0.2) is 9.69 Å². The van der Waals surface area contributed by atoms with Crippen LogP contribution in [0.2, 0.25) is 0 Å². The van der Waals surface area contributed by atoms with Crippen LogP contribution >= 0.6 is 39.0 Å². The van der Waals surface area contributed by atoms with Gasteiger partial charge in [-0.1, -0.05) is 51.2 Å². The molecule has 1 fully saturated rings. The van der Waals surface area contributed by atoms with E-state index in [1.807, 2.05) is 25.1 Å². The number of rotatable bonds is 8. The number of fused-ring (bicyclic) bond motifs is 2. The molecule has 10 nitrogen and oxygen atoms in total. The zero-order chi connectivity index (χ0) is 31.8. The van der Waals surface area contributed by atoms with Crippen LogP contribution in [0.4, 0.5) is 11.4 Å². The van der Waals surface area contributed by atoms with E-state index in [2.05, 4.69) is 26.2 Å². The Morgan fingerprint density at radius 2 is 1.80 bits per heavy atom. The second-order valence-corrected chi connectivity index (χ2v) is 13.5. The molecule has 3 heterocycles. The Bertz CT molecular complexity index is 1890. The minimum Gasteiger partial charge on any atom is -0.483 e. The standard InChI is InChI=1S/C32H26BrN3O7S2/c1-3-42-31(40)17-7-10-20(11-8-17)36-29(38)25-24(26-28(35-32(41)45-26)44-27(25)30(36)39)21-14-18(33)9-12-22(21)43-15-23(37)34-19-6-4-5-16(2)13-19/h4-14,24-25,27H,3,15H2,1-2H3,(H,34,37)(H,35,41). The highest BCUT2D eigenvalue weighted by Crippen LogP contribution is 2.54. The third kappa shape index (κ3) is 6.07. The van der Waals surface area contributed by atoms with Crippen LogP contribution in [-0.4, -0.2) is 47.1 Å². The smallest absolute Gasteiger partial charge is 0.338 e. The monoisotopic (exact) mass is 707 g/mol. The van der Waals surface area contributed by atoms with Gasteiger partial charge in [-0.2, -0.15) is 0 Å². The fourth-order valence-corrected chi connectivity index (χ4v) is 8.41. The molecule has 1 saturated heterocycles. The van der Waals surface area contributed by atoms with Gasteiger partial charge < -0.3 is 19.8 Å². The van der Waals surface area contributed by atoms with E-state index in [4.69, 9.17) is 9.47 Å². The number of imide groups is 1. The molecule has 1 aromatic heterocycles. The molecule has 0 bridgehead atoms. The average molecular weight is 709 g/mol. The molecule has 3 aromatic carbocycles. The molecule has 0 saturated carbocycles. The fourth-order valence-electron chi connectivity index (χ4n) is 5.52. The van der Waals surface area contributed by atoms with Crippen molar-refractivity contribution in [2.75, 3.05) is 23.4 Å². The molecule has 0 radical (unpaired) electrons. The van der Waals surface area contributed by atoms with Gasteiger partial charge >= 0.3 is 10.8 Å². The third-order valence-corrected chi connectivity index (χ3v) is 10.3.